The molecule has 0 aliphatic carbocycles. The first kappa shape index (κ1) is 21.4. The molecule has 0 radical (unpaired) electrons. The summed E-state index contributed by atoms with van der Waals surface area (Å²) >= 11 is 0. The Morgan fingerprint density at radius 1 is 1.00 bits per heavy atom. The standard InChI is InChI=1S/C21H20F4N4O/c1-13(2)27-20-28-18(15-4-3-5-17(10-15)30-21(23,24)25)11-19(29-20)26-12-14-6-8-16(22)9-7-14/h3-11,13H,12H2,1-2H3,(H2,26,27,28,29). The summed E-state index contributed by atoms with van der Waals surface area (Å²) < 4.78 is 54.7. The predicted molar refractivity (Wildman–Crippen MR) is 107 cm³/mol. The molecule has 1 aromatic heterocycles. The van der Waals surface area contributed by atoms with Crippen LogP contribution in [0.1, 0.15) is 19.4 Å². The number of anilines is 2. The molecule has 0 bridgehead atoms. The summed E-state index contributed by atoms with van der Waals surface area (Å²) in [4.78, 5) is 8.79. The molecule has 1 heterocycles. The first-order chi connectivity index (χ1) is 14.2. The zero-order valence-corrected chi connectivity index (χ0v) is 16.3. The van der Waals surface area contributed by atoms with Gasteiger partial charge in [0.05, 0.1) is 5.69 Å². The molecule has 0 aliphatic rings. The SMILES string of the molecule is CC(C)Nc1nc(NCc2ccc(F)cc2)cc(-c2cccc(OC(F)(F)F)c2)n1. The Bertz CT molecular complexity index is 991. The maximum absolute atomic E-state index is 13.1. The van der Waals surface area contributed by atoms with Gasteiger partial charge in [0.1, 0.15) is 17.4 Å². The summed E-state index contributed by atoms with van der Waals surface area (Å²) in [6.07, 6.45) is -4.78. The van der Waals surface area contributed by atoms with Crippen LogP contribution >= 0.6 is 0 Å². The molecule has 0 saturated carbocycles. The summed E-state index contributed by atoms with van der Waals surface area (Å²) in [5, 5.41) is 6.22. The van der Waals surface area contributed by atoms with Crippen molar-refractivity contribution in [3.63, 3.8) is 0 Å². The van der Waals surface area contributed by atoms with E-state index in [1.807, 2.05) is 13.8 Å². The van der Waals surface area contributed by atoms with Crippen LogP contribution in [0.2, 0.25) is 0 Å². The summed E-state index contributed by atoms with van der Waals surface area (Å²) in [5.41, 5.74) is 1.70. The summed E-state index contributed by atoms with van der Waals surface area (Å²) in [6, 6.07) is 13.3. The second kappa shape index (κ2) is 8.98. The molecule has 0 aliphatic heterocycles. The highest BCUT2D eigenvalue weighted by Gasteiger charge is 2.31. The summed E-state index contributed by atoms with van der Waals surface area (Å²) in [6.45, 7) is 4.22. The van der Waals surface area contributed by atoms with E-state index in [-0.39, 0.29) is 17.6 Å². The Kier molecular flexibility index (Phi) is 6.39. The first-order valence-electron chi connectivity index (χ1n) is 9.18. The summed E-state index contributed by atoms with van der Waals surface area (Å²) in [7, 11) is 0. The Morgan fingerprint density at radius 3 is 2.40 bits per heavy atom. The van der Waals surface area contributed by atoms with E-state index >= 15 is 0 Å². The van der Waals surface area contributed by atoms with E-state index < -0.39 is 6.36 Å². The Morgan fingerprint density at radius 2 is 1.73 bits per heavy atom. The minimum absolute atomic E-state index is 0.0464. The average Bonchev–Trinajstić information content (AvgIpc) is 2.66. The monoisotopic (exact) mass is 420 g/mol. The minimum Gasteiger partial charge on any atom is -0.406 e. The lowest BCUT2D eigenvalue weighted by Gasteiger charge is -2.14. The van der Waals surface area contributed by atoms with Gasteiger partial charge in [-0.25, -0.2) is 9.37 Å². The molecule has 0 spiro atoms. The second-order valence-electron chi connectivity index (χ2n) is 6.82. The Labute approximate surface area is 171 Å². The molecule has 9 heteroatoms. The van der Waals surface area contributed by atoms with Crippen molar-refractivity contribution in [2.75, 3.05) is 10.6 Å². The van der Waals surface area contributed by atoms with E-state index in [1.165, 1.54) is 30.3 Å². The number of halogens is 4. The third kappa shape index (κ3) is 6.33. The minimum atomic E-state index is -4.78. The van der Waals surface area contributed by atoms with Gasteiger partial charge in [-0.2, -0.15) is 4.98 Å². The molecule has 30 heavy (non-hydrogen) atoms. The molecule has 2 aromatic carbocycles. The number of hydrogen-bond acceptors (Lipinski definition) is 5. The molecular weight excluding hydrogens is 400 g/mol. The summed E-state index contributed by atoms with van der Waals surface area (Å²) in [5.74, 6) is 0.131. The molecule has 0 amide bonds. The molecule has 3 aromatic rings. The number of ether oxygens (including phenoxy) is 1. The quantitative estimate of drug-likeness (QED) is 0.487. The van der Waals surface area contributed by atoms with Gasteiger partial charge in [-0.3, -0.25) is 0 Å². The van der Waals surface area contributed by atoms with Crippen LogP contribution in [0, 0.1) is 5.82 Å². The third-order valence-electron chi connectivity index (χ3n) is 3.89. The highest BCUT2D eigenvalue weighted by Crippen LogP contribution is 2.28. The van der Waals surface area contributed by atoms with Gasteiger partial charge < -0.3 is 15.4 Å². The van der Waals surface area contributed by atoms with Crippen molar-refractivity contribution in [1.82, 2.24) is 9.97 Å². The number of rotatable bonds is 7. The van der Waals surface area contributed by atoms with Gasteiger partial charge in [-0.15, -0.1) is 13.2 Å². The van der Waals surface area contributed by atoms with Gasteiger partial charge in [0.2, 0.25) is 5.95 Å². The lowest BCUT2D eigenvalue weighted by Crippen LogP contribution is -2.17. The third-order valence-corrected chi connectivity index (χ3v) is 3.89. The molecule has 158 valence electrons. The van der Waals surface area contributed by atoms with Crippen LogP contribution in [0.15, 0.2) is 54.6 Å². The number of alkyl halides is 3. The van der Waals surface area contributed by atoms with Crippen LogP contribution in [0.3, 0.4) is 0 Å². The molecule has 5 nitrogen and oxygen atoms in total. The van der Waals surface area contributed by atoms with Crippen molar-refractivity contribution < 1.29 is 22.3 Å². The smallest absolute Gasteiger partial charge is 0.406 e. The maximum Gasteiger partial charge on any atom is 0.573 e. The van der Waals surface area contributed by atoms with Gasteiger partial charge in [0.25, 0.3) is 0 Å². The number of hydrogen-bond donors (Lipinski definition) is 2. The van der Waals surface area contributed by atoms with Crippen molar-refractivity contribution >= 4 is 11.8 Å². The normalized spacial score (nSPS) is 11.4. The van der Waals surface area contributed by atoms with Gasteiger partial charge in [-0.1, -0.05) is 24.3 Å². The fourth-order valence-electron chi connectivity index (χ4n) is 2.66. The van der Waals surface area contributed by atoms with Gasteiger partial charge in [-0.05, 0) is 43.7 Å². The second-order valence-corrected chi connectivity index (χ2v) is 6.82. The van der Waals surface area contributed by atoms with Crippen molar-refractivity contribution in [3.8, 4) is 17.0 Å². The number of nitrogens with zero attached hydrogens (tertiary/aromatic N) is 2. The molecule has 0 atom stereocenters. The largest absolute Gasteiger partial charge is 0.573 e. The van der Waals surface area contributed by atoms with Crippen molar-refractivity contribution in [3.05, 3.63) is 66.0 Å². The highest BCUT2D eigenvalue weighted by atomic mass is 19.4. The maximum atomic E-state index is 13.1. The van der Waals surface area contributed by atoms with Gasteiger partial charge >= 0.3 is 6.36 Å². The van der Waals surface area contributed by atoms with Crippen LogP contribution in [0.25, 0.3) is 11.3 Å². The molecule has 0 unspecified atom stereocenters. The van der Waals surface area contributed by atoms with Crippen LogP contribution in [-0.4, -0.2) is 22.4 Å². The number of benzene rings is 2. The molecule has 2 N–H and O–H groups in total. The zero-order chi connectivity index (χ0) is 21.7. The average molecular weight is 420 g/mol. The Hall–Kier alpha value is -3.36. The molecular formula is C21H20F4N4O. The van der Waals surface area contributed by atoms with Crippen LogP contribution in [0.4, 0.5) is 29.3 Å². The van der Waals surface area contributed by atoms with E-state index in [0.717, 1.165) is 5.56 Å². The van der Waals surface area contributed by atoms with Crippen molar-refractivity contribution in [2.24, 2.45) is 0 Å². The fourth-order valence-corrected chi connectivity index (χ4v) is 2.66. The van der Waals surface area contributed by atoms with Crippen LogP contribution < -0.4 is 15.4 Å². The van der Waals surface area contributed by atoms with Crippen molar-refractivity contribution in [1.29, 1.82) is 0 Å². The molecule has 0 fully saturated rings. The first-order valence-corrected chi connectivity index (χ1v) is 9.18. The van der Waals surface area contributed by atoms with Gasteiger partial charge in [0, 0.05) is 24.2 Å². The van der Waals surface area contributed by atoms with E-state index in [9.17, 15) is 17.6 Å². The molecule has 3 rings (SSSR count). The number of aromatic nitrogens is 2. The van der Waals surface area contributed by atoms with E-state index in [1.54, 1.807) is 24.3 Å². The van der Waals surface area contributed by atoms with Gasteiger partial charge in [0.15, 0.2) is 0 Å². The van der Waals surface area contributed by atoms with Crippen LogP contribution in [0.5, 0.6) is 5.75 Å². The number of nitrogens with one attached hydrogen (secondary N) is 2. The van der Waals surface area contributed by atoms with E-state index in [4.69, 9.17) is 0 Å². The van der Waals surface area contributed by atoms with Crippen molar-refractivity contribution in [2.45, 2.75) is 32.8 Å². The predicted octanol–water partition coefficient (Wildman–Crippen LogP) is 5.61. The Balaban J connectivity index is 1.89. The molecule has 0 saturated heterocycles. The van der Waals surface area contributed by atoms with E-state index in [0.29, 0.717) is 29.6 Å². The zero-order valence-electron chi connectivity index (χ0n) is 16.3. The topological polar surface area (TPSA) is 59.1 Å². The van der Waals surface area contributed by atoms with Crippen LogP contribution in [-0.2, 0) is 6.54 Å². The lowest BCUT2D eigenvalue weighted by atomic mass is 10.1. The van der Waals surface area contributed by atoms with E-state index in [2.05, 4.69) is 25.3 Å². The highest BCUT2D eigenvalue weighted by molar-refractivity contribution is 5.66. The lowest BCUT2D eigenvalue weighted by molar-refractivity contribution is -0.274. The fraction of sp³-hybridized carbons (Fsp3) is 0.238.